The monoisotopic (exact) mass is 536 g/mol. The second-order valence-corrected chi connectivity index (χ2v) is 9.38. The molecule has 1 fully saturated rings. The predicted molar refractivity (Wildman–Crippen MR) is 141 cm³/mol. The number of hydrogen-bond donors (Lipinski definition) is 2. The van der Waals surface area contributed by atoms with E-state index >= 15 is 0 Å². The van der Waals surface area contributed by atoms with E-state index in [0.29, 0.717) is 51.3 Å². The third kappa shape index (κ3) is 3.97. The zero-order valence-corrected chi connectivity index (χ0v) is 21.4. The Morgan fingerprint density at radius 1 is 1.08 bits per heavy atom. The zero-order chi connectivity index (χ0) is 26.6. The maximum absolute atomic E-state index is 14.1. The number of rotatable bonds is 5. The summed E-state index contributed by atoms with van der Waals surface area (Å²) >= 11 is 6.30. The van der Waals surface area contributed by atoms with E-state index in [1.54, 1.807) is 30.6 Å². The maximum atomic E-state index is 14.1. The summed E-state index contributed by atoms with van der Waals surface area (Å²) in [6.07, 6.45) is 2.56. The van der Waals surface area contributed by atoms with Gasteiger partial charge < -0.3 is 24.3 Å². The van der Waals surface area contributed by atoms with Gasteiger partial charge in [0.2, 0.25) is 5.88 Å². The average molecular weight is 537 g/mol. The first-order valence-corrected chi connectivity index (χ1v) is 12.2. The molecule has 1 aliphatic rings. The van der Waals surface area contributed by atoms with Crippen LogP contribution < -0.4 is 19.9 Å². The summed E-state index contributed by atoms with van der Waals surface area (Å²) in [6, 6.07) is 5.11. The second-order valence-electron chi connectivity index (χ2n) is 9.00. The highest BCUT2D eigenvalue weighted by Crippen LogP contribution is 2.35. The topological polar surface area (TPSA) is 135 Å². The second kappa shape index (κ2) is 9.21. The number of fused-ring (bicyclic) bond motifs is 2. The molecule has 1 aliphatic heterocycles. The highest BCUT2D eigenvalue weighted by Gasteiger charge is 2.32. The minimum atomic E-state index is -0.965. The molecule has 6 rings (SSSR count). The van der Waals surface area contributed by atoms with Crippen LogP contribution in [0.5, 0.6) is 11.9 Å². The van der Waals surface area contributed by atoms with Gasteiger partial charge in [0.05, 0.1) is 48.6 Å². The van der Waals surface area contributed by atoms with Crippen LogP contribution in [0.3, 0.4) is 0 Å². The number of aromatic nitrogens is 7. The van der Waals surface area contributed by atoms with Crippen molar-refractivity contribution in [3.8, 4) is 34.5 Å². The van der Waals surface area contributed by atoms with Crippen molar-refractivity contribution in [3.63, 3.8) is 0 Å². The summed E-state index contributed by atoms with van der Waals surface area (Å²) in [4.78, 5) is 43.2. The van der Waals surface area contributed by atoms with Crippen LogP contribution in [0.25, 0.3) is 44.6 Å². The van der Waals surface area contributed by atoms with E-state index in [2.05, 4.69) is 29.9 Å². The molecule has 0 bridgehead atoms. The third-order valence-electron chi connectivity index (χ3n) is 6.61. The third-order valence-corrected chi connectivity index (χ3v) is 6.80. The molecule has 0 spiro atoms. The van der Waals surface area contributed by atoms with Crippen molar-refractivity contribution in [1.82, 2.24) is 34.9 Å². The summed E-state index contributed by atoms with van der Waals surface area (Å²) in [5.41, 5.74) is 2.58. The number of hydrogen-bond acceptors (Lipinski definition) is 9. The lowest BCUT2D eigenvalue weighted by Crippen LogP contribution is -2.28. The van der Waals surface area contributed by atoms with Gasteiger partial charge in [0.15, 0.2) is 5.82 Å². The molecule has 6 heterocycles. The van der Waals surface area contributed by atoms with Gasteiger partial charge in [-0.05, 0) is 19.1 Å². The molecule has 2 atom stereocenters. The summed E-state index contributed by atoms with van der Waals surface area (Å²) in [5, 5.41) is 0.863. The van der Waals surface area contributed by atoms with Gasteiger partial charge in [-0.2, -0.15) is 4.98 Å². The molecule has 38 heavy (non-hydrogen) atoms. The highest BCUT2D eigenvalue weighted by molar-refractivity contribution is 6.30. The lowest BCUT2D eigenvalue weighted by atomic mass is 10.1. The maximum Gasteiger partial charge on any atom is 0.319 e. The highest BCUT2D eigenvalue weighted by atomic mass is 35.5. The van der Waals surface area contributed by atoms with Gasteiger partial charge in [-0.25, -0.2) is 19.3 Å². The Morgan fingerprint density at radius 2 is 1.92 bits per heavy atom. The van der Waals surface area contributed by atoms with E-state index < -0.39 is 6.17 Å². The summed E-state index contributed by atoms with van der Waals surface area (Å²) in [5.74, 6) is 1.05. The van der Waals surface area contributed by atoms with Crippen molar-refractivity contribution in [3.05, 3.63) is 46.1 Å². The molecule has 0 unspecified atom stereocenters. The molecule has 13 heteroatoms. The van der Waals surface area contributed by atoms with Crippen LogP contribution in [-0.2, 0) is 0 Å². The molecule has 0 saturated carbocycles. The van der Waals surface area contributed by atoms with Gasteiger partial charge >= 0.3 is 6.01 Å². The van der Waals surface area contributed by atoms with E-state index in [4.69, 9.17) is 26.1 Å². The number of imidazole rings is 1. The summed E-state index contributed by atoms with van der Waals surface area (Å²) in [6.45, 7) is 2.13. The fraction of sp³-hybridized carbons (Fsp3) is 0.280. The first-order valence-electron chi connectivity index (χ1n) is 11.8. The Morgan fingerprint density at radius 3 is 2.66 bits per heavy atom. The van der Waals surface area contributed by atoms with Gasteiger partial charge in [0.1, 0.15) is 22.7 Å². The van der Waals surface area contributed by atoms with Crippen LogP contribution in [0.2, 0.25) is 5.15 Å². The molecule has 5 aromatic heterocycles. The van der Waals surface area contributed by atoms with E-state index in [1.807, 2.05) is 11.8 Å². The average Bonchev–Trinajstić information content (AvgIpc) is 3.48. The number of methoxy groups -OCH3 is 2. The van der Waals surface area contributed by atoms with Gasteiger partial charge in [-0.15, -0.1) is 0 Å². The smallest absolute Gasteiger partial charge is 0.319 e. The van der Waals surface area contributed by atoms with E-state index in [-0.39, 0.29) is 40.8 Å². The Balaban J connectivity index is 1.53. The lowest BCUT2D eigenvalue weighted by Gasteiger charge is -2.22. The Bertz CT molecular complexity index is 1760. The number of aromatic amines is 2. The Kier molecular flexibility index (Phi) is 5.83. The fourth-order valence-electron chi connectivity index (χ4n) is 4.84. The van der Waals surface area contributed by atoms with Crippen molar-refractivity contribution in [2.75, 3.05) is 25.7 Å². The number of nitrogens with zero attached hydrogens (tertiary/aromatic N) is 6. The molecule has 11 nitrogen and oxygen atoms in total. The van der Waals surface area contributed by atoms with Crippen molar-refractivity contribution in [1.29, 1.82) is 0 Å². The number of nitrogens with one attached hydrogen (secondary N) is 2. The molecule has 0 radical (unpaired) electrons. The van der Waals surface area contributed by atoms with Crippen LogP contribution in [0.15, 0.2) is 35.4 Å². The molecule has 0 aromatic carbocycles. The number of pyridine rings is 3. The lowest BCUT2D eigenvalue weighted by molar-refractivity contribution is 0.353. The van der Waals surface area contributed by atoms with Crippen LogP contribution >= 0.6 is 11.6 Å². The minimum absolute atomic E-state index is 0.0706. The van der Waals surface area contributed by atoms with E-state index in [1.165, 1.54) is 14.2 Å². The minimum Gasteiger partial charge on any atom is -0.480 e. The Labute approximate surface area is 220 Å². The molecule has 2 N–H and O–H groups in total. The quantitative estimate of drug-likeness (QED) is 0.320. The first kappa shape index (κ1) is 24.0. The normalized spacial score (nSPS) is 17.4. The molecule has 194 valence electrons. The molecule has 5 aromatic rings. The van der Waals surface area contributed by atoms with Gasteiger partial charge in [0, 0.05) is 36.3 Å². The van der Waals surface area contributed by atoms with Crippen molar-refractivity contribution < 1.29 is 13.9 Å². The number of alkyl halides is 1. The van der Waals surface area contributed by atoms with Gasteiger partial charge in [0.25, 0.3) is 5.56 Å². The van der Waals surface area contributed by atoms with E-state index in [9.17, 15) is 9.18 Å². The Hall–Kier alpha value is -4.32. The molecular formula is C25H22ClFN8O3. The van der Waals surface area contributed by atoms with Crippen LogP contribution in [0, 0.1) is 0 Å². The predicted octanol–water partition coefficient (Wildman–Crippen LogP) is 3.93. The number of ether oxygens (including phenoxy) is 2. The number of anilines is 1. The van der Waals surface area contributed by atoms with Crippen molar-refractivity contribution in [2.24, 2.45) is 0 Å². The van der Waals surface area contributed by atoms with Crippen LogP contribution in [-0.4, -0.2) is 67.9 Å². The van der Waals surface area contributed by atoms with Crippen molar-refractivity contribution >= 4 is 39.4 Å². The largest absolute Gasteiger partial charge is 0.480 e. The molecule has 0 aliphatic carbocycles. The van der Waals surface area contributed by atoms with Gasteiger partial charge in [-0.3, -0.25) is 9.78 Å². The standard InChI is InChI=1S/C25H22ClFN8O3/c1-11-6-12(27)10-35(11)22-20-17(8-18(26)32-22)30-21(33-20)14-7-13-16(31-23(14)36)4-5-28-19(13)15-9-29-25(38-3)34-24(15)37-2/h4-5,7-9,11-12H,6,10H2,1-3H3,(H,30,33)(H,31,36)/t11-,12-/m1/s1. The summed E-state index contributed by atoms with van der Waals surface area (Å²) in [7, 11) is 2.95. The molecule has 0 amide bonds. The van der Waals surface area contributed by atoms with Crippen LogP contribution in [0.1, 0.15) is 13.3 Å². The first-order chi connectivity index (χ1) is 18.4. The number of halogens is 2. The van der Waals surface area contributed by atoms with Crippen molar-refractivity contribution in [2.45, 2.75) is 25.6 Å². The fourth-order valence-corrected chi connectivity index (χ4v) is 5.03. The summed E-state index contributed by atoms with van der Waals surface area (Å²) < 4.78 is 24.7. The number of H-pyrrole nitrogens is 2. The molecular weight excluding hydrogens is 515 g/mol. The zero-order valence-electron chi connectivity index (χ0n) is 20.6. The van der Waals surface area contributed by atoms with Gasteiger partial charge in [-0.1, -0.05) is 11.6 Å². The van der Waals surface area contributed by atoms with E-state index in [0.717, 1.165) is 0 Å². The van der Waals surface area contributed by atoms with Crippen LogP contribution in [0.4, 0.5) is 10.2 Å². The SMILES string of the molecule is COc1ncc(-c2nccc3[nH]c(=O)c(-c4nc5c(N6C[C@H](F)C[C@H]6C)nc(Cl)cc5[nH]4)cc23)c(OC)n1. The molecule has 1 saturated heterocycles.